The Morgan fingerprint density at radius 2 is 1.95 bits per heavy atom. The number of fused-ring (bicyclic) bond motifs is 1. The SMILES string of the molecule is COc1cc(CN[C@@H]2C[C@H](O)C2(C)C)cc2nc(-c3cccc(-c4ccc(F)cc4-c4nncn4C)c3)oc12. The summed E-state index contributed by atoms with van der Waals surface area (Å²) in [5.41, 5.74) is 5.25. The van der Waals surface area contributed by atoms with Crippen LogP contribution < -0.4 is 10.1 Å². The Morgan fingerprint density at radius 3 is 2.67 bits per heavy atom. The molecular formula is C30H30FN5O3. The number of aliphatic hydroxyl groups excluding tert-OH is 1. The van der Waals surface area contributed by atoms with Gasteiger partial charge in [-0.05, 0) is 59.5 Å². The molecule has 39 heavy (non-hydrogen) atoms. The highest BCUT2D eigenvalue weighted by atomic mass is 19.1. The highest BCUT2D eigenvalue weighted by molar-refractivity contribution is 5.85. The van der Waals surface area contributed by atoms with Gasteiger partial charge >= 0.3 is 0 Å². The van der Waals surface area contributed by atoms with E-state index < -0.39 is 0 Å². The number of methoxy groups -OCH3 is 1. The van der Waals surface area contributed by atoms with E-state index in [0.29, 0.717) is 40.7 Å². The molecule has 8 nitrogen and oxygen atoms in total. The van der Waals surface area contributed by atoms with Crippen molar-refractivity contribution < 1.29 is 18.7 Å². The zero-order chi connectivity index (χ0) is 27.3. The average Bonchev–Trinajstić information content (AvgIpc) is 3.56. The van der Waals surface area contributed by atoms with Gasteiger partial charge in [0.2, 0.25) is 5.89 Å². The van der Waals surface area contributed by atoms with Crippen molar-refractivity contribution in [1.82, 2.24) is 25.1 Å². The van der Waals surface area contributed by atoms with Gasteiger partial charge < -0.3 is 24.1 Å². The Kier molecular flexibility index (Phi) is 6.20. The first-order valence-corrected chi connectivity index (χ1v) is 12.9. The summed E-state index contributed by atoms with van der Waals surface area (Å²) in [4.78, 5) is 4.79. The molecule has 1 aliphatic carbocycles. The minimum atomic E-state index is -0.346. The van der Waals surface area contributed by atoms with Crippen LogP contribution in [0.25, 0.3) is 45.1 Å². The van der Waals surface area contributed by atoms with Crippen LogP contribution in [0.3, 0.4) is 0 Å². The topological polar surface area (TPSA) is 98.2 Å². The number of oxazole rings is 1. The second kappa shape index (κ2) is 9.59. The van der Waals surface area contributed by atoms with Crippen molar-refractivity contribution >= 4 is 11.1 Å². The minimum absolute atomic E-state index is 0.155. The molecule has 9 heteroatoms. The molecule has 0 aliphatic heterocycles. The molecule has 2 heterocycles. The number of rotatable bonds is 7. The number of halogens is 1. The van der Waals surface area contributed by atoms with Crippen LogP contribution in [-0.4, -0.2) is 44.1 Å². The Morgan fingerprint density at radius 1 is 1.13 bits per heavy atom. The lowest BCUT2D eigenvalue weighted by atomic mass is 9.64. The number of aromatic nitrogens is 4. The van der Waals surface area contributed by atoms with E-state index in [2.05, 4.69) is 29.4 Å². The Bertz CT molecular complexity index is 1670. The quantitative estimate of drug-likeness (QED) is 0.294. The average molecular weight is 528 g/mol. The number of nitrogens with zero attached hydrogens (tertiary/aromatic N) is 4. The van der Waals surface area contributed by atoms with Crippen LogP contribution in [0.15, 0.2) is 65.3 Å². The molecule has 0 spiro atoms. The van der Waals surface area contributed by atoms with Crippen molar-refractivity contribution in [3.05, 3.63) is 72.3 Å². The molecule has 0 radical (unpaired) electrons. The predicted octanol–water partition coefficient (Wildman–Crippen LogP) is 5.35. The van der Waals surface area contributed by atoms with Gasteiger partial charge in [-0.1, -0.05) is 32.0 Å². The normalized spacial score (nSPS) is 18.3. The lowest BCUT2D eigenvalue weighted by Gasteiger charge is -2.49. The van der Waals surface area contributed by atoms with Crippen molar-refractivity contribution in [2.24, 2.45) is 12.5 Å². The fraction of sp³-hybridized carbons (Fsp3) is 0.300. The van der Waals surface area contributed by atoms with Crippen LogP contribution in [0, 0.1) is 11.2 Å². The van der Waals surface area contributed by atoms with Gasteiger partial charge in [0, 0.05) is 36.2 Å². The molecular weight excluding hydrogens is 497 g/mol. The van der Waals surface area contributed by atoms with Crippen LogP contribution in [0.2, 0.25) is 0 Å². The number of aryl methyl sites for hydroxylation is 1. The van der Waals surface area contributed by atoms with Crippen LogP contribution in [0.5, 0.6) is 5.75 Å². The zero-order valence-electron chi connectivity index (χ0n) is 22.3. The molecule has 0 amide bonds. The molecule has 3 aromatic carbocycles. The Hall–Kier alpha value is -4.08. The van der Waals surface area contributed by atoms with E-state index >= 15 is 0 Å². The number of hydrogen-bond acceptors (Lipinski definition) is 7. The highest BCUT2D eigenvalue weighted by Gasteiger charge is 2.46. The maximum atomic E-state index is 14.2. The summed E-state index contributed by atoms with van der Waals surface area (Å²) in [6.07, 6.45) is 2.04. The van der Waals surface area contributed by atoms with Crippen molar-refractivity contribution in [2.75, 3.05) is 7.11 Å². The number of nitrogens with one attached hydrogen (secondary N) is 1. The summed E-state index contributed by atoms with van der Waals surface area (Å²) in [6.45, 7) is 4.77. The Balaban J connectivity index is 1.34. The van der Waals surface area contributed by atoms with Crippen LogP contribution in [0.4, 0.5) is 4.39 Å². The van der Waals surface area contributed by atoms with E-state index in [-0.39, 0.29) is 23.4 Å². The van der Waals surface area contributed by atoms with Crippen LogP contribution in [-0.2, 0) is 13.6 Å². The number of hydrogen-bond donors (Lipinski definition) is 2. The molecule has 0 saturated heterocycles. The molecule has 1 fully saturated rings. The van der Waals surface area contributed by atoms with E-state index in [1.165, 1.54) is 12.1 Å². The van der Waals surface area contributed by atoms with Crippen molar-refractivity contribution in [3.8, 4) is 39.7 Å². The van der Waals surface area contributed by atoms with Gasteiger partial charge in [0.05, 0.1) is 13.2 Å². The first kappa shape index (κ1) is 25.2. The molecule has 2 aromatic heterocycles. The van der Waals surface area contributed by atoms with Crippen LogP contribution in [0.1, 0.15) is 25.8 Å². The molecule has 0 unspecified atom stereocenters. The predicted molar refractivity (Wildman–Crippen MR) is 146 cm³/mol. The smallest absolute Gasteiger partial charge is 0.227 e. The zero-order valence-corrected chi connectivity index (χ0v) is 22.3. The van der Waals surface area contributed by atoms with Gasteiger partial charge in [-0.25, -0.2) is 9.37 Å². The summed E-state index contributed by atoms with van der Waals surface area (Å²) < 4.78 is 27.8. The highest BCUT2D eigenvalue weighted by Crippen LogP contribution is 2.41. The first-order chi connectivity index (χ1) is 18.7. The van der Waals surface area contributed by atoms with Gasteiger partial charge in [-0.2, -0.15) is 0 Å². The van der Waals surface area contributed by atoms with E-state index in [1.807, 2.05) is 43.4 Å². The molecule has 2 atom stereocenters. The largest absolute Gasteiger partial charge is 0.493 e. The Labute approximate surface area is 225 Å². The molecule has 1 aliphatic rings. The summed E-state index contributed by atoms with van der Waals surface area (Å²) in [5.74, 6) is 1.29. The molecule has 0 bridgehead atoms. The molecule has 2 N–H and O–H groups in total. The van der Waals surface area contributed by atoms with Gasteiger partial charge in [0.1, 0.15) is 17.7 Å². The number of benzene rings is 3. The van der Waals surface area contributed by atoms with Gasteiger partial charge in [0.15, 0.2) is 17.2 Å². The number of aliphatic hydroxyl groups is 1. The second-order valence-corrected chi connectivity index (χ2v) is 10.7. The summed E-state index contributed by atoms with van der Waals surface area (Å²) in [5, 5.41) is 21.7. The fourth-order valence-electron chi connectivity index (χ4n) is 5.22. The molecule has 200 valence electrons. The molecule has 5 aromatic rings. The van der Waals surface area contributed by atoms with Gasteiger partial charge in [0.25, 0.3) is 0 Å². The maximum Gasteiger partial charge on any atom is 0.227 e. The second-order valence-electron chi connectivity index (χ2n) is 10.7. The third kappa shape index (κ3) is 4.47. The van der Waals surface area contributed by atoms with Gasteiger partial charge in [-0.3, -0.25) is 0 Å². The van der Waals surface area contributed by atoms with Crippen molar-refractivity contribution in [1.29, 1.82) is 0 Å². The minimum Gasteiger partial charge on any atom is -0.493 e. The fourth-order valence-corrected chi connectivity index (χ4v) is 5.22. The van der Waals surface area contributed by atoms with E-state index in [1.54, 1.807) is 24.1 Å². The molecule has 1 saturated carbocycles. The lowest BCUT2D eigenvalue weighted by molar-refractivity contribution is -0.0729. The summed E-state index contributed by atoms with van der Waals surface area (Å²) in [7, 11) is 3.44. The van der Waals surface area contributed by atoms with E-state index in [0.717, 1.165) is 28.7 Å². The third-order valence-electron chi connectivity index (χ3n) is 7.86. The summed E-state index contributed by atoms with van der Waals surface area (Å²) >= 11 is 0. The molecule has 6 rings (SSSR count). The van der Waals surface area contributed by atoms with E-state index in [4.69, 9.17) is 14.1 Å². The standard InChI is InChI=1S/C30H30FN5O3/c1-30(2)25(14-26(30)37)32-15-17-10-23-27(24(11-17)38-4)39-29(34-23)19-7-5-6-18(12-19)21-9-8-20(31)13-22(21)28-35-33-16-36(28)3/h5-13,16,25-26,32,37H,14-15H2,1-4H3/t25-,26+/m1/s1. The maximum absolute atomic E-state index is 14.2. The van der Waals surface area contributed by atoms with Crippen LogP contribution >= 0.6 is 0 Å². The summed E-state index contributed by atoms with van der Waals surface area (Å²) in [6, 6.07) is 16.6. The first-order valence-electron chi connectivity index (χ1n) is 12.9. The van der Waals surface area contributed by atoms with Gasteiger partial charge in [-0.15, -0.1) is 10.2 Å². The number of ether oxygens (including phenoxy) is 1. The lowest BCUT2D eigenvalue weighted by Crippen LogP contribution is -2.59. The van der Waals surface area contributed by atoms with Crippen molar-refractivity contribution in [2.45, 2.75) is 39.0 Å². The monoisotopic (exact) mass is 527 g/mol. The van der Waals surface area contributed by atoms with Crippen molar-refractivity contribution in [3.63, 3.8) is 0 Å². The third-order valence-corrected chi connectivity index (χ3v) is 7.86. The van der Waals surface area contributed by atoms with E-state index in [9.17, 15) is 9.50 Å².